The smallest absolute Gasteiger partial charge is 0.461 e. The Morgan fingerprint density at radius 1 is 1.11 bits per heavy atom. The van der Waals surface area contributed by atoms with E-state index in [1.54, 1.807) is 19.9 Å². The van der Waals surface area contributed by atoms with Gasteiger partial charge < -0.3 is 41.6 Å². The Kier molecular flexibility index (Phi) is 10.5. The number of fused-ring (bicyclic) bond motifs is 1. The van der Waals surface area contributed by atoms with Gasteiger partial charge >= 0.3 is 23.6 Å². The van der Waals surface area contributed by atoms with Crippen LogP contribution in [0.1, 0.15) is 73.0 Å². The Labute approximate surface area is 317 Å². The zero-order valence-electron chi connectivity index (χ0n) is 31.1. The summed E-state index contributed by atoms with van der Waals surface area (Å²) in [6.45, 7) is 10.9. The molecule has 1 aliphatic heterocycles. The summed E-state index contributed by atoms with van der Waals surface area (Å²) in [6, 6.07) is 2.79. The van der Waals surface area contributed by atoms with Crippen molar-refractivity contribution < 1.29 is 46.6 Å². The molecule has 1 aromatic carbocycles. The van der Waals surface area contributed by atoms with E-state index in [0.29, 0.717) is 11.3 Å². The number of halogens is 1. The van der Waals surface area contributed by atoms with Gasteiger partial charge in [-0.2, -0.15) is 4.98 Å². The van der Waals surface area contributed by atoms with Gasteiger partial charge in [-0.15, -0.1) is 6.42 Å². The van der Waals surface area contributed by atoms with Crippen molar-refractivity contribution in [1.29, 1.82) is 0 Å². The van der Waals surface area contributed by atoms with Gasteiger partial charge in [0.25, 0.3) is 0 Å². The SMILES string of the molecule is C#C[C@]1(COC(=O)CC(C)(C)c2c(C)cc(C)cc2OC(C)=O)OCC(n2cnc3c(=NCc4oc(=O)oc4C)n(Cc4oc(=O)oc4C)c(Cl)nc32)[C@@H]1O. The highest BCUT2D eigenvalue weighted by Gasteiger charge is 2.51. The summed E-state index contributed by atoms with van der Waals surface area (Å²) in [6.07, 6.45) is 5.78. The maximum Gasteiger partial charge on any atom is 0.519 e. The molecule has 1 fully saturated rings. The molecular weight excluding hydrogens is 742 g/mol. The zero-order valence-corrected chi connectivity index (χ0v) is 31.8. The number of carbonyl (C=O) groups excluding carboxylic acids is 2. The molecule has 0 spiro atoms. The Morgan fingerprint density at radius 2 is 1.78 bits per heavy atom. The molecule has 4 aromatic heterocycles. The van der Waals surface area contributed by atoms with Crippen LogP contribution in [-0.2, 0) is 37.6 Å². The van der Waals surface area contributed by atoms with Crippen LogP contribution in [0.3, 0.4) is 0 Å². The molecular formula is C37H38ClN5O12. The predicted molar refractivity (Wildman–Crippen MR) is 191 cm³/mol. The van der Waals surface area contributed by atoms with Crippen LogP contribution < -0.4 is 21.9 Å². The summed E-state index contributed by atoms with van der Waals surface area (Å²) in [4.78, 5) is 62.4. The fourth-order valence-electron chi connectivity index (χ4n) is 6.83. The number of aliphatic hydroxyl groups excluding tert-OH is 1. The van der Waals surface area contributed by atoms with Crippen molar-refractivity contribution in [3.8, 4) is 18.1 Å². The largest absolute Gasteiger partial charge is 0.519 e. The number of hydrogen-bond acceptors (Lipinski definition) is 15. The molecule has 55 heavy (non-hydrogen) atoms. The lowest BCUT2D eigenvalue weighted by Crippen LogP contribution is -2.45. The van der Waals surface area contributed by atoms with Gasteiger partial charge in [0, 0.05) is 17.9 Å². The van der Waals surface area contributed by atoms with Crippen LogP contribution in [0.25, 0.3) is 11.2 Å². The second kappa shape index (κ2) is 14.9. The minimum Gasteiger partial charge on any atom is -0.461 e. The first-order chi connectivity index (χ1) is 25.9. The molecule has 3 atom stereocenters. The number of esters is 2. The van der Waals surface area contributed by atoms with E-state index in [2.05, 4.69) is 20.9 Å². The summed E-state index contributed by atoms with van der Waals surface area (Å²) in [5.41, 5.74) is 0.345. The molecule has 0 saturated carbocycles. The number of aryl methyl sites for hydroxylation is 4. The quantitative estimate of drug-likeness (QED) is 0.0879. The van der Waals surface area contributed by atoms with E-state index < -0.39 is 53.4 Å². The van der Waals surface area contributed by atoms with Crippen molar-refractivity contribution in [1.82, 2.24) is 19.1 Å². The summed E-state index contributed by atoms with van der Waals surface area (Å²) >= 11 is 6.72. The first kappa shape index (κ1) is 39.0. The number of aliphatic hydroxyl groups is 1. The van der Waals surface area contributed by atoms with Gasteiger partial charge in [0.1, 0.15) is 36.5 Å². The standard InChI is InChI=1S/C37H38ClN5O12/c1-9-37(16-49-27(45)12-36(7,8)28-19(3)10-18(2)11-24(28)53-22(6)44)30(46)23(15-50-37)43-17-40-29-31(39-13-25-20(4)51-34(47)54-25)42(33(38)41-32(29)43)14-26-21(5)52-35(48)55-26/h1,10-11,17,23,30,46H,12-16H2,2-8H3/t23?,30-,37+/m0/s1. The number of ether oxygens (including phenoxy) is 3. The summed E-state index contributed by atoms with van der Waals surface area (Å²) in [7, 11) is 0. The van der Waals surface area contributed by atoms with E-state index in [1.165, 1.54) is 22.4 Å². The lowest BCUT2D eigenvalue weighted by molar-refractivity contribution is -0.153. The number of aromatic nitrogens is 4. The highest BCUT2D eigenvalue weighted by Crippen LogP contribution is 2.39. The Morgan fingerprint density at radius 3 is 2.40 bits per heavy atom. The Hall–Kier alpha value is -5.70. The molecule has 0 aliphatic carbocycles. The lowest BCUT2D eigenvalue weighted by atomic mass is 9.78. The van der Waals surface area contributed by atoms with Crippen molar-refractivity contribution in [2.24, 2.45) is 4.99 Å². The molecule has 290 valence electrons. The fraction of sp³-hybridized carbons (Fsp3) is 0.432. The fourth-order valence-corrected chi connectivity index (χ4v) is 7.05. The van der Waals surface area contributed by atoms with Crippen LogP contribution in [0.5, 0.6) is 5.75 Å². The van der Waals surface area contributed by atoms with Gasteiger partial charge in [-0.1, -0.05) is 25.8 Å². The van der Waals surface area contributed by atoms with Crippen LogP contribution in [0.15, 0.2) is 50.7 Å². The van der Waals surface area contributed by atoms with Crippen LogP contribution in [0.4, 0.5) is 0 Å². The molecule has 1 N–H and O–H groups in total. The molecule has 1 unspecified atom stereocenters. The summed E-state index contributed by atoms with van der Waals surface area (Å²) < 4.78 is 40.3. The van der Waals surface area contributed by atoms with Gasteiger partial charge in [-0.05, 0) is 56.5 Å². The first-order valence-electron chi connectivity index (χ1n) is 17.0. The molecule has 17 nitrogen and oxygen atoms in total. The van der Waals surface area contributed by atoms with E-state index in [1.807, 2.05) is 33.8 Å². The van der Waals surface area contributed by atoms with Crippen molar-refractivity contribution in [3.05, 3.63) is 90.2 Å². The van der Waals surface area contributed by atoms with Crippen LogP contribution >= 0.6 is 11.6 Å². The summed E-state index contributed by atoms with van der Waals surface area (Å²) in [5.74, 6) is 0.633. The van der Waals surface area contributed by atoms with Crippen LogP contribution in [0.2, 0.25) is 5.28 Å². The maximum absolute atomic E-state index is 13.3. The first-order valence-corrected chi connectivity index (χ1v) is 17.4. The second-order valence-corrected chi connectivity index (χ2v) is 14.3. The van der Waals surface area contributed by atoms with E-state index in [-0.39, 0.29) is 71.1 Å². The van der Waals surface area contributed by atoms with E-state index >= 15 is 0 Å². The van der Waals surface area contributed by atoms with Crippen molar-refractivity contribution in [2.45, 2.75) is 91.1 Å². The third-order valence-electron chi connectivity index (χ3n) is 9.36. The second-order valence-electron chi connectivity index (χ2n) is 13.9. The minimum absolute atomic E-state index is 0.115. The third-order valence-corrected chi connectivity index (χ3v) is 9.65. The number of rotatable bonds is 11. The van der Waals surface area contributed by atoms with Crippen molar-refractivity contribution in [3.63, 3.8) is 0 Å². The zero-order chi connectivity index (χ0) is 40.0. The van der Waals surface area contributed by atoms with Crippen LogP contribution in [-0.4, -0.2) is 61.1 Å². The van der Waals surface area contributed by atoms with Gasteiger partial charge in [0.15, 0.2) is 33.8 Å². The summed E-state index contributed by atoms with van der Waals surface area (Å²) in [5, 5.41) is 11.6. The Balaban J connectivity index is 1.28. The molecule has 5 heterocycles. The molecule has 0 radical (unpaired) electrons. The van der Waals surface area contributed by atoms with E-state index in [0.717, 1.165) is 11.1 Å². The average molecular weight is 780 g/mol. The number of benzene rings is 1. The monoisotopic (exact) mass is 779 g/mol. The highest BCUT2D eigenvalue weighted by molar-refractivity contribution is 6.28. The molecule has 6 rings (SSSR count). The minimum atomic E-state index is -1.75. The average Bonchev–Trinajstić information content (AvgIpc) is 3.82. The van der Waals surface area contributed by atoms with Crippen molar-refractivity contribution in [2.75, 3.05) is 13.2 Å². The van der Waals surface area contributed by atoms with E-state index in [9.17, 15) is 24.3 Å². The number of imidazole rings is 1. The van der Waals surface area contributed by atoms with E-state index in [4.69, 9.17) is 49.9 Å². The number of hydrogen-bond donors (Lipinski definition) is 1. The molecule has 5 aromatic rings. The van der Waals surface area contributed by atoms with Gasteiger partial charge in [-0.25, -0.2) is 14.6 Å². The molecule has 0 bridgehead atoms. The van der Waals surface area contributed by atoms with Crippen LogP contribution in [0, 0.1) is 40.0 Å². The van der Waals surface area contributed by atoms with Gasteiger partial charge in [0.2, 0.25) is 5.28 Å². The predicted octanol–water partition coefficient (Wildman–Crippen LogP) is 3.50. The number of carbonyl (C=O) groups is 2. The Bertz CT molecular complexity index is 2540. The normalized spacial score (nSPS) is 18.9. The molecule has 1 saturated heterocycles. The lowest BCUT2D eigenvalue weighted by Gasteiger charge is -2.30. The number of nitrogens with zero attached hydrogens (tertiary/aromatic N) is 5. The topological polar surface area (TPSA) is 217 Å². The molecule has 0 amide bonds. The van der Waals surface area contributed by atoms with Gasteiger partial charge in [0.05, 0.1) is 31.9 Å². The highest BCUT2D eigenvalue weighted by atomic mass is 35.5. The van der Waals surface area contributed by atoms with Crippen molar-refractivity contribution >= 4 is 34.7 Å². The third kappa shape index (κ3) is 7.66. The van der Waals surface area contributed by atoms with Gasteiger partial charge in [-0.3, -0.25) is 19.1 Å². The molecule has 1 aliphatic rings. The maximum atomic E-state index is 13.3. The molecule has 18 heteroatoms. The number of terminal acetylenes is 1.